The summed E-state index contributed by atoms with van der Waals surface area (Å²) in [6.07, 6.45) is 3.40. The second kappa shape index (κ2) is 7.07. The van der Waals surface area contributed by atoms with Gasteiger partial charge in [0.2, 0.25) is 11.8 Å². The van der Waals surface area contributed by atoms with Crippen molar-refractivity contribution < 1.29 is 9.59 Å². The van der Waals surface area contributed by atoms with Crippen molar-refractivity contribution in [1.29, 1.82) is 0 Å². The van der Waals surface area contributed by atoms with Gasteiger partial charge in [-0.3, -0.25) is 9.59 Å². The smallest absolute Gasteiger partial charge is 0.246 e. The normalized spacial score (nSPS) is 29.8. The van der Waals surface area contributed by atoms with E-state index in [9.17, 15) is 9.59 Å². The van der Waals surface area contributed by atoms with Gasteiger partial charge in [0, 0.05) is 31.0 Å². The Morgan fingerprint density at radius 3 is 2.80 bits per heavy atom. The largest absolute Gasteiger partial charge is 0.341 e. The summed E-state index contributed by atoms with van der Waals surface area (Å²) < 4.78 is 0. The molecule has 0 aromatic rings. The average molecular weight is 316 g/mol. The molecule has 3 atom stereocenters. The Morgan fingerprint density at radius 1 is 1.40 bits per heavy atom. The Hall–Kier alpha value is -0.360. The van der Waals surface area contributed by atoms with Crippen LogP contribution in [0.2, 0.25) is 0 Å². The number of rotatable bonds is 4. The molecule has 3 unspecified atom stereocenters. The highest BCUT2D eigenvalue weighted by Crippen LogP contribution is 2.33. The molecule has 114 valence electrons. The van der Waals surface area contributed by atoms with Crippen LogP contribution in [-0.4, -0.2) is 63.4 Å². The van der Waals surface area contributed by atoms with Gasteiger partial charge in [-0.15, -0.1) is 11.8 Å². The molecule has 1 saturated heterocycles. The number of hydrogen-bond donors (Lipinski definition) is 0. The first-order valence-electron chi connectivity index (χ1n) is 7.27. The maximum absolute atomic E-state index is 12.6. The molecular weight excluding hydrogens is 292 g/mol. The highest BCUT2D eigenvalue weighted by Gasteiger charge is 2.38. The van der Waals surface area contributed by atoms with Crippen LogP contribution >= 0.6 is 23.5 Å². The van der Waals surface area contributed by atoms with Crippen LogP contribution in [0, 0.1) is 0 Å². The molecule has 1 heterocycles. The number of hydrogen-bond acceptors (Lipinski definition) is 4. The maximum Gasteiger partial charge on any atom is 0.246 e. The van der Waals surface area contributed by atoms with Crippen molar-refractivity contribution >= 4 is 35.3 Å². The van der Waals surface area contributed by atoms with Crippen molar-refractivity contribution in [3.63, 3.8) is 0 Å². The number of thioether (sulfide) groups is 2. The van der Waals surface area contributed by atoms with Gasteiger partial charge < -0.3 is 9.80 Å². The van der Waals surface area contributed by atoms with E-state index in [0.717, 1.165) is 24.3 Å². The van der Waals surface area contributed by atoms with Crippen LogP contribution in [0.15, 0.2) is 0 Å². The molecule has 6 heteroatoms. The molecule has 1 saturated carbocycles. The molecular formula is C14H24N2O2S2. The van der Waals surface area contributed by atoms with Gasteiger partial charge in [0.1, 0.15) is 6.04 Å². The van der Waals surface area contributed by atoms with E-state index in [2.05, 4.69) is 6.92 Å². The summed E-state index contributed by atoms with van der Waals surface area (Å²) in [5, 5.41) is 0.696. The fourth-order valence-corrected chi connectivity index (χ4v) is 5.37. The van der Waals surface area contributed by atoms with Crippen LogP contribution in [0.25, 0.3) is 0 Å². The predicted octanol–water partition coefficient (Wildman–Crippen LogP) is 2.04. The summed E-state index contributed by atoms with van der Waals surface area (Å²) in [5.41, 5.74) is 0. The predicted molar refractivity (Wildman–Crippen MR) is 86.0 cm³/mol. The lowest BCUT2D eigenvalue weighted by atomic mass is 10.2. The number of carbonyl (C=O) groups excluding carboxylic acids is 2. The van der Waals surface area contributed by atoms with Gasteiger partial charge in [-0.2, -0.15) is 11.8 Å². The Bertz CT molecular complexity index is 378. The Kier molecular flexibility index (Phi) is 5.66. The fraction of sp³-hybridized carbons (Fsp3) is 0.857. The molecule has 0 radical (unpaired) electrons. The monoisotopic (exact) mass is 316 g/mol. The Balaban J connectivity index is 1.93. The van der Waals surface area contributed by atoms with E-state index in [4.69, 9.17) is 0 Å². The van der Waals surface area contributed by atoms with Gasteiger partial charge in [-0.1, -0.05) is 6.92 Å². The first-order chi connectivity index (χ1) is 9.54. The molecule has 0 N–H and O–H groups in total. The number of likely N-dealkylation sites (N-methyl/N-ethyl adjacent to an activating group) is 1. The van der Waals surface area contributed by atoms with Crippen LogP contribution in [-0.2, 0) is 9.59 Å². The van der Waals surface area contributed by atoms with E-state index in [1.54, 1.807) is 23.6 Å². The van der Waals surface area contributed by atoms with Gasteiger partial charge in [-0.25, -0.2) is 0 Å². The highest BCUT2D eigenvalue weighted by atomic mass is 32.2. The molecule has 1 aliphatic carbocycles. The maximum atomic E-state index is 12.6. The summed E-state index contributed by atoms with van der Waals surface area (Å²) in [4.78, 5) is 27.8. The second-order valence-electron chi connectivity index (χ2n) is 5.50. The quantitative estimate of drug-likeness (QED) is 0.796. The lowest BCUT2D eigenvalue weighted by Gasteiger charge is -2.30. The molecule has 2 amide bonds. The molecule has 2 fully saturated rings. The van der Waals surface area contributed by atoms with E-state index >= 15 is 0 Å². The van der Waals surface area contributed by atoms with Gasteiger partial charge in [0.05, 0.1) is 5.88 Å². The number of amides is 2. The van der Waals surface area contributed by atoms with E-state index < -0.39 is 0 Å². The third-order valence-corrected chi connectivity index (χ3v) is 6.47. The minimum atomic E-state index is -0.250. The third-order valence-electron chi connectivity index (χ3n) is 4.23. The summed E-state index contributed by atoms with van der Waals surface area (Å²) in [7, 11) is 1.91. The van der Waals surface area contributed by atoms with Crippen LogP contribution < -0.4 is 0 Å². The topological polar surface area (TPSA) is 40.6 Å². The van der Waals surface area contributed by atoms with Gasteiger partial charge in [0.15, 0.2) is 0 Å². The van der Waals surface area contributed by atoms with Gasteiger partial charge in [0.25, 0.3) is 0 Å². The molecule has 2 rings (SSSR count). The zero-order valence-electron chi connectivity index (χ0n) is 12.5. The van der Waals surface area contributed by atoms with Gasteiger partial charge >= 0.3 is 0 Å². The van der Waals surface area contributed by atoms with Crippen LogP contribution in [0.3, 0.4) is 0 Å². The average Bonchev–Trinajstić information content (AvgIpc) is 3.06. The van der Waals surface area contributed by atoms with Crippen LogP contribution in [0.5, 0.6) is 0 Å². The molecule has 20 heavy (non-hydrogen) atoms. The van der Waals surface area contributed by atoms with Crippen molar-refractivity contribution in [2.24, 2.45) is 0 Å². The molecule has 0 aromatic heterocycles. The van der Waals surface area contributed by atoms with Crippen molar-refractivity contribution in [2.75, 3.05) is 24.4 Å². The van der Waals surface area contributed by atoms with E-state index in [0.29, 0.717) is 17.2 Å². The van der Waals surface area contributed by atoms with Crippen molar-refractivity contribution in [1.82, 2.24) is 9.80 Å². The van der Waals surface area contributed by atoms with E-state index in [-0.39, 0.29) is 17.9 Å². The first kappa shape index (κ1) is 16.0. The number of carbonyl (C=O) groups is 2. The van der Waals surface area contributed by atoms with E-state index in [1.807, 2.05) is 23.7 Å². The summed E-state index contributed by atoms with van der Waals surface area (Å²) >= 11 is 3.67. The lowest BCUT2D eigenvalue weighted by molar-refractivity contribution is -0.142. The highest BCUT2D eigenvalue weighted by molar-refractivity contribution is 8.00. The molecule has 0 aromatic carbocycles. The van der Waals surface area contributed by atoms with Crippen molar-refractivity contribution in [3.05, 3.63) is 0 Å². The molecule has 0 spiro atoms. The minimum absolute atomic E-state index is 0.00703. The Morgan fingerprint density at radius 2 is 2.15 bits per heavy atom. The van der Waals surface area contributed by atoms with Gasteiger partial charge in [-0.05, 0) is 25.0 Å². The lowest BCUT2D eigenvalue weighted by Crippen LogP contribution is -2.49. The number of nitrogens with zero attached hydrogens (tertiary/aromatic N) is 2. The molecule has 2 aliphatic rings. The summed E-state index contributed by atoms with van der Waals surface area (Å²) in [6.45, 7) is 3.74. The minimum Gasteiger partial charge on any atom is -0.341 e. The van der Waals surface area contributed by atoms with Crippen LogP contribution in [0.4, 0.5) is 0 Å². The fourth-order valence-electron chi connectivity index (χ4n) is 3.03. The summed E-state index contributed by atoms with van der Waals surface area (Å²) in [5.74, 6) is 2.66. The molecule has 0 bridgehead atoms. The third kappa shape index (κ3) is 3.45. The second-order valence-corrected chi connectivity index (χ2v) is 8.07. The SMILES string of the molecule is CCSC1CCC(N(C)C(=O)C2CSCN2C(C)=O)C1. The van der Waals surface area contributed by atoms with E-state index in [1.165, 1.54) is 6.42 Å². The zero-order chi connectivity index (χ0) is 14.7. The van der Waals surface area contributed by atoms with Crippen LogP contribution in [0.1, 0.15) is 33.1 Å². The first-order valence-corrected chi connectivity index (χ1v) is 9.48. The van der Waals surface area contributed by atoms with Crippen molar-refractivity contribution in [3.8, 4) is 0 Å². The summed E-state index contributed by atoms with van der Waals surface area (Å²) in [6, 6.07) is 0.103. The zero-order valence-corrected chi connectivity index (χ0v) is 14.1. The molecule has 4 nitrogen and oxygen atoms in total. The standard InChI is InChI=1S/C14H24N2O2S2/c1-4-20-12-6-5-11(7-12)15(3)14(18)13-8-19-9-16(13)10(2)17/h11-13H,4-9H2,1-3H3. The Labute approximate surface area is 130 Å². The molecule has 1 aliphatic heterocycles. The van der Waals surface area contributed by atoms with Crippen molar-refractivity contribution in [2.45, 2.75) is 50.4 Å².